The molecule has 0 saturated carbocycles. The van der Waals surface area contributed by atoms with Crippen molar-refractivity contribution in [1.29, 1.82) is 0 Å². The zero-order valence-corrected chi connectivity index (χ0v) is 20.2. The summed E-state index contributed by atoms with van der Waals surface area (Å²) >= 11 is 0. The fourth-order valence-electron chi connectivity index (χ4n) is 2.93. The lowest BCUT2D eigenvalue weighted by Gasteiger charge is -2.27. The van der Waals surface area contributed by atoms with Crippen molar-refractivity contribution in [2.75, 3.05) is 14.2 Å². The Morgan fingerprint density at radius 2 is 1.15 bits per heavy atom. The van der Waals surface area contributed by atoms with Crippen LogP contribution in [-0.4, -0.2) is 35.2 Å². The van der Waals surface area contributed by atoms with E-state index in [1.807, 2.05) is 0 Å². The minimum absolute atomic E-state index is 0.168. The van der Waals surface area contributed by atoms with Crippen molar-refractivity contribution in [2.45, 2.75) is 26.7 Å². The van der Waals surface area contributed by atoms with Crippen molar-refractivity contribution in [3.05, 3.63) is 72.8 Å². The maximum atomic E-state index is 12.0. The highest BCUT2D eigenvalue weighted by Crippen LogP contribution is 2.35. The molecular weight excluding hydrogens is 444 g/mol. The Kier molecular flexibility index (Phi) is 9.11. The predicted octanol–water partition coefficient (Wildman–Crippen LogP) is 4.18. The molecule has 0 bridgehead atoms. The number of carbonyl (C=O) groups is 2. The first kappa shape index (κ1) is 25.5. The fourth-order valence-corrected chi connectivity index (χ4v) is 4.76. The van der Waals surface area contributed by atoms with Crippen LogP contribution in [0.4, 0.5) is 0 Å². The van der Waals surface area contributed by atoms with Crippen LogP contribution in [0.5, 0.6) is 23.0 Å². The zero-order chi connectivity index (χ0) is 24.4. The topological polar surface area (TPSA) is 89.5 Å². The van der Waals surface area contributed by atoms with Crippen LogP contribution in [-0.2, 0) is 31.3 Å². The molecule has 0 spiro atoms. The second-order valence-electron chi connectivity index (χ2n) is 6.85. The molecule has 0 fully saturated rings. The lowest BCUT2D eigenvalue weighted by molar-refractivity contribution is -0.145. The van der Waals surface area contributed by atoms with E-state index in [0.717, 1.165) is 25.0 Å². The van der Waals surface area contributed by atoms with Crippen LogP contribution in [0, 0.1) is 0 Å². The number of hydrogen-bond donors (Lipinski definition) is 0. The van der Waals surface area contributed by atoms with Crippen LogP contribution in [0.25, 0.3) is 0 Å². The molecule has 2 rings (SSSR count). The molecule has 0 saturated heterocycles. The first-order valence-corrected chi connectivity index (χ1v) is 11.7. The fraction of sp³-hybridized carbons (Fsp3) is 0.250. The predicted molar refractivity (Wildman–Crippen MR) is 124 cm³/mol. The summed E-state index contributed by atoms with van der Waals surface area (Å²) in [6.07, 6.45) is 4.71. The molecule has 0 unspecified atom stereocenters. The number of allylic oxidation sites excluding steroid dienone is 2. The molecule has 2 aromatic carbocycles. The van der Waals surface area contributed by atoms with E-state index in [2.05, 4.69) is 13.2 Å². The summed E-state index contributed by atoms with van der Waals surface area (Å²) in [5, 5.41) is 0. The van der Waals surface area contributed by atoms with Gasteiger partial charge in [-0.2, -0.15) is 0 Å². The molecule has 0 amide bonds. The van der Waals surface area contributed by atoms with Gasteiger partial charge in [-0.15, -0.1) is 13.2 Å². The smallest absolute Gasteiger partial charge is 0.493 e. The third-order valence-electron chi connectivity index (χ3n) is 4.22. The third kappa shape index (κ3) is 7.14. The van der Waals surface area contributed by atoms with Gasteiger partial charge >= 0.3 is 9.05 Å². The van der Waals surface area contributed by atoms with E-state index in [4.69, 9.17) is 27.2 Å². The highest BCUT2D eigenvalue weighted by Gasteiger charge is 2.60. The number of hydrogen-bond acceptors (Lipinski definition) is 8. The molecule has 0 atom stereocenters. The van der Waals surface area contributed by atoms with Gasteiger partial charge in [-0.25, -0.2) is 0 Å². The molecule has 0 heterocycles. The summed E-state index contributed by atoms with van der Waals surface area (Å²) in [5.41, 5.74) is 1.84. The number of carbonyl (C=O) groups excluding carboxylic acids is 2. The molecule has 0 aliphatic heterocycles. The van der Waals surface area contributed by atoms with Gasteiger partial charge < -0.3 is 27.2 Å². The Morgan fingerprint density at radius 1 is 0.758 bits per heavy atom. The maximum absolute atomic E-state index is 12.0. The highest BCUT2D eigenvalue weighted by molar-refractivity contribution is 6.59. The SMILES string of the molecule is C=CCc1ccc(O[Si](OC(C)=O)(OC(C)=O)Oc2ccc(CC=C)cc2OC)c(OC)c1. The van der Waals surface area contributed by atoms with Gasteiger partial charge in [0.2, 0.25) is 0 Å². The highest BCUT2D eigenvalue weighted by atomic mass is 28.4. The van der Waals surface area contributed by atoms with Gasteiger partial charge in [0, 0.05) is 13.8 Å². The molecular formula is C24H28O8Si. The molecule has 176 valence electrons. The molecule has 0 N–H and O–H groups in total. The summed E-state index contributed by atoms with van der Waals surface area (Å²) in [4.78, 5) is 24.0. The first-order valence-electron chi connectivity index (χ1n) is 10.1. The summed E-state index contributed by atoms with van der Waals surface area (Å²) < 4.78 is 33.5. The Labute approximate surface area is 194 Å². The van der Waals surface area contributed by atoms with Crippen LogP contribution in [0.15, 0.2) is 61.7 Å². The second kappa shape index (κ2) is 11.8. The minimum Gasteiger partial charge on any atom is -0.493 e. The van der Waals surface area contributed by atoms with Gasteiger partial charge in [0.15, 0.2) is 23.0 Å². The Balaban J connectivity index is 2.55. The van der Waals surface area contributed by atoms with Gasteiger partial charge in [0.25, 0.3) is 11.9 Å². The van der Waals surface area contributed by atoms with Crippen molar-refractivity contribution in [3.63, 3.8) is 0 Å². The molecule has 33 heavy (non-hydrogen) atoms. The lowest BCUT2D eigenvalue weighted by Crippen LogP contribution is -2.57. The van der Waals surface area contributed by atoms with Crippen LogP contribution in [0.3, 0.4) is 0 Å². The van der Waals surface area contributed by atoms with Crippen LogP contribution in [0.1, 0.15) is 25.0 Å². The third-order valence-corrected chi connectivity index (χ3v) is 6.24. The van der Waals surface area contributed by atoms with E-state index in [-0.39, 0.29) is 11.5 Å². The van der Waals surface area contributed by atoms with Gasteiger partial charge in [-0.05, 0) is 48.2 Å². The van der Waals surface area contributed by atoms with E-state index in [0.29, 0.717) is 24.3 Å². The summed E-state index contributed by atoms with van der Waals surface area (Å²) in [7, 11) is -1.55. The van der Waals surface area contributed by atoms with E-state index >= 15 is 0 Å². The average Bonchev–Trinajstić information content (AvgIpc) is 2.75. The second-order valence-corrected chi connectivity index (χ2v) is 8.66. The molecule has 2 aromatic rings. The Bertz CT molecular complexity index is 936. The zero-order valence-electron chi connectivity index (χ0n) is 19.2. The summed E-state index contributed by atoms with van der Waals surface area (Å²) in [6, 6.07) is 10.3. The van der Waals surface area contributed by atoms with Crippen molar-refractivity contribution < 1.29 is 36.8 Å². The number of methoxy groups -OCH3 is 2. The Morgan fingerprint density at radius 3 is 1.45 bits per heavy atom. The van der Waals surface area contributed by atoms with Crippen LogP contribution < -0.4 is 18.3 Å². The Hall–Kier alpha value is -3.72. The summed E-state index contributed by atoms with van der Waals surface area (Å²) in [6.45, 7) is 9.76. The van der Waals surface area contributed by atoms with Crippen LogP contribution >= 0.6 is 0 Å². The molecule has 9 heteroatoms. The van der Waals surface area contributed by atoms with Crippen LogP contribution in [0.2, 0.25) is 0 Å². The molecule has 0 radical (unpaired) electrons. The number of benzene rings is 2. The average molecular weight is 473 g/mol. The van der Waals surface area contributed by atoms with Gasteiger partial charge in [0.1, 0.15) is 0 Å². The number of rotatable bonds is 12. The molecule has 8 nitrogen and oxygen atoms in total. The van der Waals surface area contributed by atoms with Crippen molar-refractivity contribution in [3.8, 4) is 23.0 Å². The van der Waals surface area contributed by atoms with Crippen molar-refractivity contribution in [2.24, 2.45) is 0 Å². The monoisotopic (exact) mass is 472 g/mol. The van der Waals surface area contributed by atoms with E-state index in [1.54, 1.807) is 48.6 Å². The van der Waals surface area contributed by atoms with Gasteiger partial charge in [0.05, 0.1) is 14.2 Å². The molecule has 0 aromatic heterocycles. The summed E-state index contributed by atoms with van der Waals surface area (Å²) in [5.74, 6) is -0.506. The molecule has 0 aliphatic carbocycles. The van der Waals surface area contributed by atoms with E-state index in [9.17, 15) is 9.59 Å². The van der Waals surface area contributed by atoms with Crippen molar-refractivity contribution >= 4 is 21.0 Å². The van der Waals surface area contributed by atoms with Gasteiger partial charge in [-0.3, -0.25) is 9.59 Å². The standard InChI is InChI=1S/C24H28O8Si/c1-7-9-19-11-13-21(23(15-19)27-5)31-33(29-17(3)25,30-18(4)26)32-22-14-12-20(10-8-2)16-24(22)28-6/h7-8,11-16H,1-2,9-10H2,3-6H3. The lowest BCUT2D eigenvalue weighted by atomic mass is 10.1. The van der Waals surface area contributed by atoms with Gasteiger partial charge in [-0.1, -0.05) is 24.3 Å². The first-order chi connectivity index (χ1) is 15.8. The quantitative estimate of drug-likeness (QED) is 0.336. The maximum Gasteiger partial charge on any atom is 0.971 e. The van der Waals surface area contributed by atoms with E-state index < -0.39 is 21.0 Å². The normalized spacial score (nSPS) is 10.5. The van der Waals surface area contributed by atoms with E-state index in [1.165, 1.54) is 14.2 Å². The minimum atomic E-state index is -4.47. The largest absolute Gasteiger partial charge is 0.971 e. The van der Waals surface area contributed by atoms with Crippen molar-refractivity contribution in [1.82, 2.24) is 0 Å². The number of ether oxygens (including phenoxy) is 2. The molecule has 0 aliphatic rings.